The van der Waals surface area contributed by atoms with E-state index in [-0.39, 0.29) is 0 Å². The van der Waals surface area contributed by atoms with Crippen molar-refractivity contribution in [2.75, 3.05) is 5.43 Å². The van der Waals surface area contributed by atoms with Crippen LogP contribution in [0.5, 0.6) is 0 Å². The van der Waals surface area contributed by atoms with E-state index in [0.29, 0.717) is 0 Å². The first kappa shape index (κ1) is 13.0. The first-order chi connectivity index (χ1) is 10.8. The second-order valence-corrected chi connectivity index (χ2v) is 5.84. The molecule has 0 aliphatic carbocycles. The van der Waals surface area contributed by atoms with Crippen molar-refractivity contribution in [3.05, 3.63) is 53.3 Å². The lowest BCUT2D eigenvalue weighted by atomic mass is 10.1. The fourth-order valence-electron chi connectivity index (χ4n) is 2.50. The molecule has 0 bridgehead atoms. The zero-order chi connectivity index (χ0) is 14.9. The Morgan fingerprint density at radius 3 is 3.05 bits per heavy atom. The second-order valence-electron chi connectivity index (χ2n) is 4.94. The third-order valence-corrected chi connectivity index (χ3v) is 4.39. The van der Waals surface area contributed by atoms with Gasteiger partial charge in [-0.25, -0.2) is 9.97 Å². The van der Waals surface area contributed by atoms with Gasteiger partial charge in [0.2, 0.25) is 0 Å². The largest absolute Gasteiger partial charge is 0.358 e. The van der Waals surface area contributed by atoms with E-state index in [9.17, 15) is 0 Å². The summed E-state index contributed by atoms with van der Waals surface area (Å²) >= 11 is 1.59. The third-order valence-electron chi connectivity index (χ3n) is 3.57. The van der Waals surface area contributed by atoms with Crippen LogP contribution < -0.4 is 5.43 Å². The van der Waals surface area contributed by atoms with E-state index in [1.807, 2.05) is 36.7 Å². The highest BCUT2D eigenvalue weighted by molar-refractivity contribution is 7.16. The molecule has 0 radical (unpaired) electrons. The molecule has 0 amide bonds. The van der Waals surface area contributed by atoms with Gasteiger partial charge in [-0.1, -0.05) is 18.2 Å². The number of nitrogens with zero attached hydrogens (tertiary/aromatic N) is 3. The Balaban J connectivity index is 1.67. The van der Waals surface area contributed by atoms with Gasteiger partial charge >= 0.3 is 0 Å². The molecule has 0 aliphatic rings. The Kier molecular flexibility index (Phi) is 3.08. The summed E-state index contributed by atoms with van der Waals surface area (Å²) in [6.07, 6.45) is 3.38. The summed E-state index contributed by atoms with van der Waals surface area (Å²) < 4.78 is 0. The van der Waals surface area contributed by atoms with Gasteiger partial charge in [-0.2, -0.15) is 5.10 Å². The summed E-state index contributed by atoms with van der Waals surface area (Å²) in [7, 11) is 0. The summed E-state index contributed by atoms with van der Waals surface area (Å²) in [4.78, 5) is 12.8. The van der Waals surface area contributed by atoms with Crippen molar-refractivity contribution in [3.63, 3.8) is 0 Å². The van der Waals surface area contributed by atoms with Crippen LogP contribution in [0.3, 0.4) is 0 Å². The Morgan fingerprint density at radius 2 is 2.09 bits per heavy atom. The number of H-pyrrole nitrogens is 1. The van der Waals surface area contributed by atoms with Gasteiger partial charge in [0, 0.05) is 22.2 Å². The standard InChI is InChI=1S/C16H13N5S/c1-10-13(11-4-2-3-5-14(11)20-10)8-19-21-15-12-6-7-22-16(12)18-9-17-15/h2-9,20H,1H3,(H,17,18,21)/b19-8+. The summed E-state index contributed by atoms with van der Waals surface area (Å²) in [5.41, 5.74) is 6.30. The van der Waals surface area contributed by atoms with Crippen molar-refractivity contribution >= 4 is 44.5 Å². The van der Waals surface area contributed by atoms with Crippen LogP contribution in [0.15, 0.2) is 47.1 Å². The quantitative estimate of drug-likeness (QED) is 0.445. The molecule has 3 heterocycles. The highest BCUT2D eigenvalue weighted by Gasteiger charge is 2.06. The van der Waals surface area contributed by atoms with E-state index in [1.165, 1.54) is 0 Å². The van der Waals surface area contributed by atoms with Gasteiger partial charge < -0.3 is 4.98 Å². The van der Waals surface area contributed by atoms with Crippen LogP contribution >= 0.6 is 11.3 Å². The van der Waals surface area contributed by atoms with Crippen LogP contribution in [-0.2, 0) is 0 Å². The van der Waals surface area contributed by atoms with E-state index in [0.717, 1.165) is 38.2 Å². The van der Waals surface area contributed by atoms with Crippen molar-refractivity contribution in [3.8, 4) is 0 Å². The van der Waals surface area contributed by atoms with Gasteiger partial charge in [0.15, 0.2) is 5.82 Å². The topological polar surface area (TPSA) is 66.0 Å². The van der Waals surface area contributed by atoms with Crippen LogP contribution in [0.1, 0.15) is 11.3 Å². The lowest BCUT2D eigenvalue weighted by Gasteiger charge is -2.00. The molecule has 4 rings (SSSR count). The zero-order valence-electron chi connectivity index (χ0n) is 11.9. The van der Waals surface area contributed by atoms with Crippen LogP contribution in [0.2, 0.25) is 0 Å². The lowest BCUT2D eigenvalue weighted by Crippen LogP contribution is -1.95. The number of para-hydroxylation sites is 1. The zero-order valence-corrected chi connectivity index (χ0v) is 12.7. The smallest absolute Gasteiger partial charge is 0.158 e. The van der Waals surface area contributed by atoms with E-state index in [4.69, 9.17) is 0 Å². The number of aromatic amines is 1. The number of thiophene rings is 1. The average molecular weight is 307 g/mol. The summed E-state index contributed by atoms with van der Waals surface area (Å²) in [6.45, 7) is 2.04. The SMILES string of the molecule is Cc1[nH]c2ccccc2c1/C=N/Nc1ncnc2sccc12. The van der Waals surface area contributed by atoms with Gasteiger partial charge in [-0.3, -0.25) is 5.43 Å². The minimum absolute atomic E-state index is 0.722. The number of hydrogen-bond donors (Lipinski definition) is 2. The van der Waals surface area contributed by atoms with Gasteiger partial charge in [0.1, 0.15) is 11.2 Å². The van der Waals surface area contributed by atoms with Gasteiger partial charge in [0.05, 0.1) is 11.6 Å². The number of aryl methyl sites for hydroxylation is 1. The molecule has 0 unspecified atom stereocenters. The minimum atomic E-state index is 0.722. The molecule has 3 aromatic heterocycles. The molecule has 0 aliphatic heterocycles. The Morgan fingerprint density at radius 1 is 1.18 bits per heavy atom. The third kappa shape index (κ3) is 2.14. The predicted molar refractivity (Wildman–Crippen MR) is 91.7 cm³/mol. The Hall–Kier alpha value is -2.73. The minimum Gasteiger partial charge on any atom is -0.358 e. The fourth-order valence-corrected chi connectivity index (χ4v) is 3.23. The number of hydrogen-bond acceptors (Lipinski definition) is 5. The van der Waals surface area contributed by atoms with Crippen LogP contribution in [0.25, 0.3) is 21.1 Å². The molecular weight excluding hydrogens is 294 g/mol. The van der Waals surface area contributed by atoms with Crippen LogP contribution in [0.4, 0.5) is 5.82 Å². The molecule has 0 spiro atoms. The monoisotopic (exact) mass is 307 g/mol. The number of nitrogens with one attached hydrogen (secondary N) is 2. The summed E-state index contributed by atoms with van der Waals surface area (Å²) in [5, 5.41) is 8.49. The van der Waals surface area contributed by atoms with Crippen molar-refractivity contribution in [1.82, 2.24) is 15.0 Å². The van der Waals surface area contributed by atoms with E-state index in [1.54, 1.807) is 17.7 Å². The van der Waals surface area contributed by atoms with E-state index >= 15 is 0 Å². The number of benzene rings is 1. The van der Waals surface area contributed by atoms with Crippen LogP contribution in [0, 0.1) is 6.92 Å². The molecule has 1 aromatic carbocycles. The van der Waals surface area contributed by atoms with Crippen molar-refractivity contribution in [2.24, 2.45) is 5.10 Å². The maximum Gasteiger partial charge on any atom is 0.158 e. The van der Waals surface area contributed by atoms with E-state index in [2.05, 4.69) is 37.6 Å². The fraction of sp³-hybridized carbons (Fsp3) is 0.0625. The van der Waals surface area contributed by atoms with Crippen molar-refractivity contribution in [1.29, 1.82) is 0 Å². The maximum atomic E-state index is 4.34. The molecule has 0 fully saturated rings. The Bertz CT molecular complexity index is 982. The molecule has 4 aromatic rings. The molecule has 2 N–H and O–H groups in total. The molecule has 5 nitrogen and oxygen atoms in total. The molecule has 0 saturated heterocycles. The number of fused-ring (bicyclic) bond motifs is 2. The van der Waals surface area contributed by atoms with E-state index < -0.39 is 0 Å². The number of aromatic nitrogens is 3. The van der Waals surface area contributed by atoms with Crippen LogP contribution in [-0.4, -0.2) is 21.2 Å². The predicted octanol–water partition coefficient (Wildman–Crippen LogP) is 3.93. The molecular formula is C16H13N5S. The van der Waals surface area contributed by atoms with Gasteiger partial charge in [-0.15, -0.1) is 11.3 Å². The number of anilines is 1. The number of hydrazone groups is 1. The maximum absolute atomic E-state index is 4.34. The normalized spacial score (nSPS) is 11.7. The van der Waals surface area contributed by atoms with Gasteiger partial charge in [0.25, 0.3) is 0 Å². The number of rotatable bonds is 3. The average Bonchev–Trinajstić information content (AvgIpc) is 3.12. The van der Waals surface area contributed by atoms with Crippen molar-refractivity contribution in [2.45, 2.75) is 6.92 Å². The first-order valence-electron chi connectivity index (χ1n) is 6.87. The molecule has 0 atom stereocenters. The summed E-state index contributed by atoms with van der Waals surface area (Å²) in [5.74, 6) is 0.722. The summed E-state index contributed by atoms with van der Waals surface area (Å²) in [6, 6.07) is 10.2. The first-order valence-corrected chi connectivity index (χ1v) is 7.75. The van der Waals surface area contributed by atoms with Crippen molar-refractivity contribution < 1.29 is 0 Å². The molecule has 22 heavy (non-hydrogen) atoms. The molecule has 108 valence electrons. The highest BCUT2D eigenvalue weighted by Crippen LogP contribution is 2.24. The molecule has 0 saturated carbocycles. The lowest BCUT2D eigenvalue weighted by molar-refractivity contribution is 1.19. The van der Waals surface area contributed by atoms with Gasteiger partial charge in [-0.05, 0) is 24.4 Å². The highest BCUT2D eigenvalue weighted by atomic mass is 32.1. The molecule has 6 heteroatoms. The second kappa shape index (κ2) is 5.23. The Labute approximate surface area is 130 Å².